The molecule has 0 saturated carbocycles. The second-order valence-corrected chi connectivity index (χ2v) is 3.44. The van der Waals surface area contributed by atoms with Crippen molar-refractivity contribution in [3.63, 3.8) is 0 Å². The number of nitrogen functional groups attached to an aromatic ring is 1. The zero-order valence-corrected chi connectivity index (χ0v) is 8.92. The van der Waals surface area contributed by atoms with Gasteiger partial charge in [-0.1, -0.05) is 6.07 Å². The molecule has 1 aromatic heterocycles. The predicted octanol–water partition coefficient (Wildman–Crippen LogP) is 1.29. The van der Waals surface area contributed by atoms with Crippen LogP contribution >= 0.6 is 0 Å². The molecule has 0 spiro atoms. The lowest BCUT2D eigenvalue weighted by molar-refractivity contribution is 0.290. The molecule has 0 fully saturated rings. The zero-order chi connectivity index (χ0) is 11.5. The van der Waals surface area contributed by atoms with Gasteiger partial charge in [0.25, 0.3) is 0 Å². The largest absolute Gasteiger partial charge is 0.508 e. The highest BCUT2D eigenvalue weighted by Crippen LogP contribution is 2.18. The lowest BCUT2D eigenvalue weighted by Crippen LogP contribution is -2.05. The summed E-state index contributed by atoms with van der Waals surface area (Å²) in [6, 6.07) is 6.63. The minimum Gasteiger partial charge on any atom is -0.508 e. The number of aromatic hydroxyl groups is 1. The average molecular weight is 219 g/mol. The van der Waals surface area contributed by atoms with E-state index in [-0.39, 0.29) is 5.75 Å². The van der Waals surface area contributed by atoms with E-state index in [0.717, 1.165) is 5.82 Å². The maximum absolute atomic E-state index is 9.25. The number of phenols is 1. The fourth-order valence-electron chi connectivity index (χ4n) is 1.32. The molecule has 2 aromatic rings. The van der Waals surface area contributed by atoms with Crippen LogP contribution in [0.1, 0.15) is 5.82 Å². The number of aromatic nitrogens is 2. The summed E-state index contributed by atoms with van der Waals surface area (Å²) >= 11 is 0. The third-order valence-electron chi connectivity index (χ3n) is 2.31. The molecular formula is C11H13N3O2. The van der Waals surface area contributed by atoms with E-state index in [1.807, 2.05) is 7.05 Å². The number of hydrogen-bond acceptors (Lipinski definition) is 4. The molecular weight excluding hydrogens is 206 g/mol. The number of anilines is 1. The zero-order valence-electron chi connectivity index (χ0n) is 8.92. The SMILES string of the molecule is Cn1c(N)cnc1COc1cccc(O)c1. The molecule has 3 N–H and O–H groups in total. The molecule has 0 bridgehead atoms. The van der Waals surface area contributed by atoms with E-state index in [2.05, 4.69) is 4.98 Å². The van der Waals surface area contributed by atoms with Gasteiger partial charge >= 0.3 is 0 Å². The van der Waals surface area contributed by atoms with Gasteiger partial charge in [-0.3, -0.25) is 0 Å². The monoisotopic (exact) mass is 219 g/mol. The molecule has 5 nitrogen and oxygen atoms in total. The summed E-state index contributed by atoms with van der Waals surface area (Å²) in [6.07, 6.45) is 1.58. The van der Waals surface area contributed by atoms with Crippen molar-refractivity contribution in [2.45, 2.75) is 6.61 Å². The quantitative estimate of drug-likeness (QED) is 0.815. The van der Waals surface area contributed by atoms with Crippen molar-refractivity contribution < 1.29 is 9.84 Å². The first-order chi connectivity index (χ1) is 7.66. The number of rotatable bonds is 3. The molecule has 16 heavy (non-hydrogen) atoms. The lowest BCUT2D eigenvalue weighted by atomic mass is 10.3. The Hall–Kier alpha value is -2.17. The topological polar surface area (TPSA) is 73.3 Å². The Morgan fingerprint density at radius 2 is 2.31 bits per heavy atom. The molecule has 0 radical (unpaired) electrons. The highest BCUT2D eigenvalue weighted by Gasteiger charge is 2.04. The van der Waals surface area contributed by atoms with Crippen molar-refractivity contribution in [2.75, 3.05) is 5.73 Å². The molecule has 84 valence electrons. The van der Waals surface area contributed by atoms with Crippen LogP contribution in [-0.2, 0) is 13.7 Å². The van der Waals surface area contributed by atoms with E-state index in [1.165, 1.54) is 0 Å². The number of phenolic OH excluding ortho intramolecular Hbond substituents is 1. The predicted molar refractivity (Wildman–Crippen MR) is 60.1 cm³/mol. The summed E-state index contributed by atoms with van der Waals surface area (Å²) in [4.78, 5) is 4.10. The van der Waals surface area contributed by atoms with Crippen molar-refractivity contribution in [3.8, 4) is 11.5 Å². The standard InChI is InChI=1S/C11H13N3O2/c1-14-10(12)6-13-11(14)7-16-9-4-2-3-8(15)5-9/h2-6,15H,7,12H2,1H3. The number of nitrogens with zero attached hydrogens (tertiary/aromatic N) is 2. The molecule has 1 heterocycles. The van der Waals surface area contributed by atoms with Crippen LogP contribution in [0, 0.1) is 0 Å². The van der Waals surface area contributed by atoms with Crippen LogP contribution in [0.5, 0.6) is 11.5 Å². The Bertz CT molecular complexity index is 494. The Morgan fingerprint density at radius 3 is 2.94 bits per heavy atom. The average Bonchev–Trinajstić information content (AvgIpc) is 2.57. The van der Waals surface area contributed by atoms with Gasteiger partial charge < -0.3 is 20.1 Å². The number of imidazole rings is 1. The maximum Gasteiger partial charge on any atom is 0.148 e. The van der Waals surface area contributed by atoms with E-state index in [1.54, 1.807) is 35.0 Å². The summed E-state index contributed by atoms with van der Waals surface area (Å²) in [5.74, 6) is 2.11. The Kier molecular flexibility index (Phi) is 2.68. The molecule has 0 aliphatic heterocycles. The van der Waals surface area contributed by atoms with Crippen molar-refractivity contribution in [3.05, 3.63) is 36.3 Å². The summed E-state index contributed by atoms with van der Waals surface area (Å²) in [7, 11) is 1.82. The van der Waals surface area contributed by atoms with Crippen molar-refractivity contribution >= 4 is 5.82 Å². The third kappa shape index (κ3) is 2.08. The van der Waals surface area contributed by atoms with E-state index in [9.17, 15) is 5.11 Å². The second kappa shape index (κ2) is 4.14. The fraction of sp³-hybridized carbons (Fsp3) is 0.182. The fourth-order valence-corrected chi connectivity index (χ4v) is 1.32. The summed E-state index contributed by atoms with van der Waals surface area (Å²) in [6.45, 7) is 0.317. The maximum atomic E-state index is 9.25. The molecule has 0 amide bonds. The second-order valence-electron chi connectivity index (χ2n) is 3.44. The first kappa shape index (κ1) is 10.4. The van der Waals surface area contributed by atoms with Gasteiger partial charge in [-0.05, 0) is 12.1 Å². The van der Waals surface area contributed by atoms with Crippen molar-refractivity contribution in [1.82, 2.24) is 9.55 Å². The van der Waals surface area contributed by atoms with E-state index in [0.29, 0.717) is 18.2 Å². The van der Waals surface area contributed by atoms with Crippen molar-refractivity contribution in [2.24, 2.45) is 7.05 Å². The van der Waals surface area contributed by atoms with E-state index < -0.39 is 0 Å². The van der Waals surface area contributed by atoms with Gasteiger partial charge in [0, 0.05) is 13.1 Å². The van der Waals surface area contributed by atoms with Gasteiger partial charge in [0.1, 0.15) is 29.7 Å². The smallest absolute Gasteiger partial charge is 0.148 e. The van der Waals surface area contributed by atoms with Crippen molar-refractivity contribution in [1.29, 1.82) is 0 Å². The van der Waals surface area contributed by atoms with Crippen LogP contribution in [0.2, 0.25) is 0 Å². The van der Waals surface area contributed by atoms with Gasteiger partial charge in [-0.15, -0.1) is 0 Å². The molecule has 0 aliphatic carbocycles. The van der Waals surface area contributed by atoms with Gasteiger partial charge in [-0.25, -0.2) is 4.98 Å². The Labute approximate surface area is 93.1 Å². The summed E-state index contributed by atoms with van der Waals surface area (Å²) in [5.41, 5.74) is 5.64. The van der Waals surface area contributed by atoms with E-state index >= 15 is 0 Å². The lowest BCUT2D eigenvalue weighted by Gasteiger charge is -2.06. The van der Waals surface area contributed by atoms with Gasteiger partial charge in [0.2, 0.25) is 0 Å². The molecule has 0 unspecified atom stereocenters. The number of ether oxygens (including phenoxy) is 1. The molecule has 0 saturated heterocycles. The molecule has 0 aliphatic rings. The minimum atomic E-state index is 0.178. The Morgan fingerprint density at radius 1 is 1.50 bits per heavy atom. The number of benzene rings is 1. The number of hydrogen-bond donors (Lipinski definition) is 2. The summed E-state index contributed by atoms with van der Waals surface area (Å²) < 4.78 is 7.22. The molecule has 1 aromatic carbocycles. The van der Waals surface area contributed by atoms with Crippen LogP contribution in [-0.4, -0.2) is 14.7 Å². The van der Waals surface area contributed by atoms with Crippen LogP contribution < -0.4 is 10.5 Å². The molecule has 2 rings (SSSR count). The number of nitrogens with two attached hydrogens (primary N) is 1. The third-order valence-corrected chi connectivity index (χ3v) is 2.31. The van der Waals surface area contributed by atoms with Gasteiger partial charge in [-0.2, -0.15) is 0 Å². The normalized spacial score (nSPS) is 10.3. The molecule has 5 heteroatoms. The van der Waals surface area contributed by atoms with Crippen LogP contribution in [0.15, 0.2) is 30.5 Å². The van der Waals surface area contributed by atoms with E-state index in [4.69, 9.17) is 10.5 Å². The van der Waals surface area contributed by atoms with Gasteiger partial charge in [0.15, 0.2) is 0 Å². The highest BCUT2D eigenvalue weighted by molar-refractivity contribution is 5.32. The minimum absolute atomic E-state index is 0.178. The van der Waals surface area contributed by atoms with Crippen LogP contribution in [0.3, 0.4) is 0 Å². The van der Waals surface area contributed by atoms with Crippen LogP contribution in [0.4, 0.5) is 5.82 Å². The highest BCUT2D eigenvalue weighted by atomic mass is 16.5. The van der Waals surface area contributed by atoms with Crippen LogP contribution in [0.25, 0.3) is 0 Å². The van der Waals surface area contributed by atoms with Gasteiger partial charge in [0.05, 0.1) is 6.20 Å². The first-order valence-corrected chi connectivity index (χ1v) is 4.84. The summed E-state index contributed by atoms with van der Waals surface area (Å²) in [5, 5.41) is 9.25. The molecule has 0 atom stereocenters. The Balaban J connectivity index is 2.05. The first-order valence-electron chi connectivity index (χ1n) is 4.84.